The molecule has 3 nitrogen and oxygen atoms in total. The molecule has 1 unspecified atom stereocenters. The molecule has 3 heteroatoms. The lowest BCUT2D eigenvalue weighted by atomic mass is 9.90. The summed E-state index contributed by atoms with van der Waals surface area (Å²) in [5.41, 5.74) is 0. The normalized spacial score (nSPS) is 36.8. The molecule has 0 aromatic carbocycles. The Hall–Kier alpha value is -1.09. The minimum Gasteiger partial charge on any atom is -0.460 e. The van der Waals surface area contributed by atoms with E-state index in [2.05, 4.69) is 12.2 Å². The lowest BCUT2D eigenvalue weighted by Crippen LogP contribution is -2.21. The van der Waals surface area contributed by atoms with Gasteiger partial charge < -0.3 is 9.84 Å². The number of fused-ring (bicyclic) bond motifs is 1. The molecule has 1 N–H and O–H groups in total. The molecular formula is C16H24O3. The van der Waals surface area contributed by atoms with Crippen molar-refractivity contribution in [3.8, 4) is 0 Å². The summed E-state index contributed by atoms with van der Waals surface area (Å²) in [7, 11) is 0. The Labute approximate surface area is 115 Å². The smallest absolute Gasteiger partial charge is 0.330 e. The molecule has 0 saturated heterocycles. The molecule has 0 bridgehead atoms. The summed E-state index contributed by atoms with van der Waals surface area (Å²) in [4.78, 5) is 11.6. The molecule has 0 spiro atoms. The molecule has 106 valence electrons. The maximum atomic E-state index is 11.6. The van der Waals surface area contributed by atoms with E-state index in [4.69, 9.17) is 4.74 Å². The van der Waals surface area contributed by atoms with E-state index in [0.29, 0.717) is 5.92 Å². The number of carbonyl (C=O) groups is 1. The van der Waals surface area contributed by atoms with E-state index in [9.17, 15) is 9.90 Å². The van der Waals surface area contributed by atoms with Crippen LogP contribution in [0.3, 0.4) is 0 Å². The number of hydrogen-bond donors (Lipinski definition) is 1. The molecule has 1 heterocycles. The predicted octanol–water partition coefficient (Wildman–Crippen LogP) is 2.99. The highest BCUT2D eigenvalue weighted by Gasteiger charge is 2.30. The quantitative estimate of drug-likeness (QED) is 0.540. The maximum Gasteiger partial charge on any atom is 0.330 e. The summed E-state index contributed by atoms with van der Waals surface area (Å²) < 4.78 is 5.26. The van der Waals surface area contributed by atoms with Crippen molar-refractivity contribution in [1.29, 1.82) is 0 Å². The lowest BCUT2D eigenvalue weighted by Gasteiger charge is -2.20. The molecule has 1 fully saturated rings. The number of cyclic esters (lactones) is 1. The van der Waals surface area contributed by atoms with Crippen molar-refractivity contribution in [2.45, 2.75) is 57.7 Å². The molecule has 2 aliphatic rings. The Morgan fingerprint density at radius 2 is 2.05 bits per heavy atom. The summed E-state index contributed by atoms with van der Waals surface area (Å²) in [5, 5.41) is 10.2. The molecule has 0 aromatic heterocycles. The van der Waals surface area contributed by atoms with Crippen LogP contribution in [-0.4, -0.2) is 23.3 Å². The van der Waals surface area contributed by atoms with Gasteiger partial charge in [-0.05, 0) is 56.9 Å². The molecule has 1 saturated carbocycles. The van der Waals surface area contributed by atoms with Gasteiger partial charge >= 0.3 is 5.97 Å². The van der Waals surface area contributed by atoms with E-state index in [-0.39, 0.29) is 18.0 Å². The first kappa shape index (κ1) is 14.3. The third kappa shape index (κ3) is 4.20. The van der Waals surface area contributed by atoms with Crippen molar-refractivity contribution >= 4 is 5.97 Å². The number of ether oxygens (including phenoxy) is 1. The van der Waals surface area contributed by atoms with Crippen molar-refractivity contribution in [1.82, 2.24) is 0 Å². The summed E-state index contributed by atoms with van der Waals surface area (Å²) >= 11 is 0. The number of hydrogen-bond acceptors (Lipinski definition) is 3. The highest BCUT2D eigenvalue weighted by molar-refractivity contribution is 5.82. The van der Waals surface area contributed by atoms with Crippen LogP contribution in [0.1, 0.15) is 45.4 Å². The number of allylic oxidation sites excluding steroid dienone is 2. The fourth-order valence-corrected chi connectivity index (χ4v) is 3.09. The van der Waals surface area contributed by atoms with Gasteiger partial charge in [-0.25, -0.2) is 4.79 Å². The Morgan fingerprint density at radius 1 is 1.21 bits per heavy atom. The van der Waals surface area contributed by atoms with Gasteiger partial charge in [0.2, 0.25) is 0 Å². The second-order valence-corrected chi connectivity index (χ2v) is 5.71. The zero-order chi connectivity index (χ0) is 13.7. The standard InChI is InChI=1S/C16H24O3/c1-12-6-3-2-4-7-13-8-5-9-14(13)15(17)10-11-16(18)19-12/h4,7,10-15,17H,2-3,5-6,8-9H2,1H3/t12-,13-,14?,15-/m0/s1. The van der Waals surface area contributed by atoms with Gasteiger partial charge in [0.15, 0.2) is 0 Å². The minimum atomic E-state index is -0.541. The monoisotopic (exact) mass is 264 g/mol. The van der Waals surface area contributed by atoms with Crippen LogP contribution in [0.2, 0.25) is 0 Å². The van der Waals surface area contributed by atoms with Crippen LogP contribution in [0.4, 0.5) is 0 Å². The Balaban J connectivity index is 2.08. The van der Waals surface area contributed by atoms with Gasteiger partial charge in [0.1, 0.15) is 0 Å². The summed E-state index contributed by atoms with van der Waals surface area (Å²) in [6.07, 6.45) is 13.2. The third-order valence-corrected chi connectivity index (χ3v) is 4.18. The van der Waals surface area contributed by atoms with E-state index in [0.717, 1.165) is 38.5 Å². The summed E-state index contributed by atoms with van der Waals surface area (Å²) in [6.45, 7) is 1.92. The molecule has 0 radical (unpaired) electrons. The second kappa shape index (κ2) is 6.90. The molecule has 0 aromatic rings. The topological polar surface area (TPSA) is 46.5 Å². The number of esters is 1. The van der Waals surface area contributed by atoms with Crippen LogP contribution in [0, 0.1) is 11.8 Å². The Bertz CT molecular complexity index is 359. The van der Waals surface area contributed by atoms with Crippen molar-refractivity contribution in [3.05, 3.63) is 24.3 Å². The molecular weight excluding hydrogens is 240 g/mol. The van der Waals surface area contributed by atoms with Crippen LogP contribution >= 0.6 is 0 Å². The third-order valence-electron chi connectivity index (χ3n) is 4.18. The van der Waals surface area contributed by atoms with E-state index in [1.807, 2.05) is 6.92 Å². The van der Waals surface area contributed by atoms with E-state index in [1.54, 1.807) is 6.08 Å². The van der Waals surface area contributed by atoms with Crippen LogP contribution in [-0.2, 0) is 9.53 Å². The number of carbonyl (C=O) groups excluding carboxylic acids is 1. The molecule has 2 rings (SSSR count). The average molecular weight is 264 g/mol. The van der Waals surface area contributed by atoms with Gasteiger partial charge in [-0.15, -0.1) is 0 Å². The first-order chi connectivity index (χ1) is 9.16. The molecule has 1 aliphatic heterocycles. The van der Waals surface area contributed by atoms with E-state index < -0.39 is 6.10 Å². The van der Waals surface area contributed by atoms with E-state index in [1.165, 1.54) is 6.08 Å². The second-order valence-electron chi connectivity index (χ2n) is 5.71. The fraction of sp³-hybridized carbons (Fsp3) is 0.688. The van der Waals surface area contributed by atoms with Gasteiger partial charge in [0.25, 0.3) is 0 Å². The van der Waals surface area contributed by atoms with Crippen molar-refractivity contribution in [3.63, 3.8) is 0 Å². The van der Waals surface area contributed by atoms with Crippen molar-refractivity contribution in [2.24, 2.45) is 11.8 Å². The number of aliphatic hydroxyl groups excluding tert-OH is 1. The fourth-order valence-electron chi connectivity index (χ4n) is 3.09. The first-order valence-corrected chi connectivity index (χ1v) is 7.40. The van der Waals surface area contributed by atoms with Crippen molar-refractivity contribution in [2.75, 3.05) is 0 Å². The summed E-state index contributed by atoms with van der Waals surface area (Å²) in [5.74, 6) is 0.362. The van der Waals surface area contributed by atoms with Gasteiger partial charge in [0, 0.05) is 6.08 Å². The van der Waals surface area contributed by atoms with Crippen LogP contribution < -0.4 is 0 Å². The van der Waals surface area contributed by atoms with E-state index >= 15 is 0 Å². The number of aliphatic hydroxyl groups is 1. The maximum absolute atomic E-state index is 11.6. The Kier molecular flexibility index (Phi) is 5.20. The average Bonchev–Trinajstić information content (AvgIpc) is 2.83. The molecule has 4 atom stereocenters. The molecule has 0 amide bonds. The van der Waals surface area contributed by atoms with Gasteiger partial charge in [-0.3, -0.25) is 0 Å². The number of rotatable bonds is 0. The largest absolute Gasteiger partial charge is 0.460 e. The molecule has 1 aliphatic carbocycles. The summed E-state index contributed by atoms with van der Waals surface area (Å²) in [6, 6.07) is 0. The highest BCUT2D eigenvalue weighted by Crippen LogP contribution is 2.35. The van der Waals surface area contributed by atoms with Gasteiger partial charge in [-0.1, -0.05) is 18.6 Å². The molecule has 19 heavy (non-hydrogen) atoms. The van der Waals surface area contributed by atoms with Crippen LogP contribution in [0.25, 0.3) is 0 Å². The Morgan fingerprint density at radius 3 is 2.89 bits per heavy atom. The minimum absolute atomic E-state index is 0.0528. The zero-order valence-electron chi connectivity index (χ0n) is 11.6. The first-order valence-electron chi connectivity index (χ1n) is 7.40. The lowest BCUT2D eigenvalue weighted by molar-refractivity contribution is -0.142. The van der Waals surface area contributed by atoms with Gasteiger partial charge in [-0.2, -0.15) is 0 Å². The predicted molar refractivity (Wildman–Crippen MR) is 74.5 cm³/mol. The highest BCUT2D eigenvalue weighted by atomic mass is 16.5. The van der Waals surface area contributed by atoms with Gasteiger partial charge in [0.05, 0.1) is 12.2 Å². The SMILES string of the molecule is C[C@H]1CCCC=C[C@H]2CCCC2[C@@H](O)C=CC(=O)O1. The van der Waals surface area contributed by atoms with Crippen LogP contribution in [0.5, 0.6) is 0 Å². The van der Waals surface area contributed by atoms with Crippen LogP contribution in [0.15, 0.2) is 24.3 Å². The van der Waals surface area contributed by atoms with Crippen molar-refractivity contribution < 1.29 is 14.6 Å². The zero-order valence-corrected chi connectivity index (χ0v) is 11.6.